The van der Waals surface area contributed by atoms with Crippen molar-refractivity contribution in [1.29, 1.82) is 0 Å². The molecular weight excluding hydrogens is 330 g/mol. The van der Waals surface area contributed by atoms with Gasteiger partial charge < -0.3 is 10.1 Å². The molecule has 2 aromatic rings. The molecule has 0 saturated heterocycles. The summed E-state index contributed by atoms with van der Waals surface area (Å²) in [6, 6.07) is 14.3. The largest absolute Gasteiger partial charge is 0.480 e. The Hall–Kier alpha value is -3.59. The summed E-state index contributed by atoms with van der Waals surface area (Å²) < 4.78 is 5.39. The number of aryl methyl sites for hydroxylation is 1. The van der Waals surface area contributed by atoms with Crippen LogP contribution in [0.3, 0.4) is 0 Å². The van der Waals surface area contributed by atoms with E-state index in [-0.39, 0.29) is 19.1 Å². The lowest BCUT2D eigenvalue weighted by molar-refractivity contribution is -0.120. The van der Waals surface area contributed by atoms with E-state index in [2.05, 4.69) is 21.8 Å². The van der Waals surface area contributed by atoms with Gasteiger partial charge in [0.15, 0.2) is 0 Å². The van der Waals surface area contributed by atoms with Crippen LogP contribution < -0.4 is 15.5 Å². The predicted molar refractivity (Wildman–Crippen MR) is 100 cm³/mol. The molecule has 0 radical (unpaired) electrons. The number of amides is 2. The number of hydrogen-bond donors (Lipinski definition) is 2. The van der Waals surface area contributed by atoms with Crippen molar-refractivity contribution >= 4 is 18.0 Å². The second kappa shape index (κ2) is 9.64. The summed E-state index contributed by atoms with van der Waals surface area (Å²) in [5, 5.41) is 6.43. The zero-order valence-electron chi connectivity index (χ0n) is 14.4. The number of terminal acetylenes is 1. The average molecular weight is 349 g/mol. The van der Waals surface area contributed by atoms with Gasteiger partial charge in [0.05, 0.1) is 12.8 Å². The van der Waals surface area contributed by atoms with Crippen LogP contribution in [-0.4, -0.2) is 31.2 Å². The Morgan fingerprint density at radius 3 is 2.69 bits per heavy atom. The lowest BCUT2D eigenvalue weighted by atomic mass is 10.1. The molecule has 2 amide bonds. The molecule has 0 unspecified atom stereocenters. The Kier molecular flexibility index (Phi) is 6.95. The zero-order chi connectivity index (χ0) is 18.8. The van der Waals surface area contributed by atoms with E-state index >= 15 is 0 Å². The Bertz CT molecular complexity index is 853. The maximum Gasteiger partial charge on any atom is 0.259 e. The maximum atomic E-state index is 12.0. The number of rotatable bonds is 7. The van der Waals surface area contributed by atoms with Crippen LogP contribution in [0.4, 0.5) is 0 Å². The highest BCUT2D eigenvalue weighted by Crippen LogP contribution is 2.15. The van der Waals surface area contributed by atoms with Crippen LogP contribution in [0.2, 0.25) is 0 Å². The van der Waals surface area contributed by atoms with Crippen molar-refractivity contribution in [1.82, 2.24) is 10.7 Å². The number of carbonyl (C=O) groups excluding carboxylic acids is 2. The van der Waals surface area contributed by atoms with Gasteiger partial charge in [-0.3, -0.25) is 9.59 Å². The first-order chi connectivity index (χ1) is 12.6. The van der Waals surface area contributed by atoms with E-state index in [9.17, 15) is 9.59 Å². The Balaban J connectivity index is 1.86. The fraction of sp³-hybridized carbons (Fsp3) is 0.150. The Labute approximate surface area is 152 Å². The molecule has 0 heterocycles. The first-order valence-corrected chi connectivity index (χ1v) is 7.93. The number of benzene rings is 2. The van der Waals surface area contributed by atoms with E-state index in [0.717, 1.165) is 5.56 Å². The second-order valence-corrected chi connectivity index (χ2v) is 5.32. The van der Waals surface area contributed by atoms with Gasteiger partial charge in [0.25, 0.3) is 11.8 Å². The number of hydrazone groups is 1. The van der Waals surface area contributed by atoms with E-state index in [1.54, 1.807) is 24.3 Å². The van der Waals surface area contributed by atoms with Gasteiger partial charge in [-0.1, -0.05) is 36.3 Å². The van der Waals surface area contributed by atoms with Gasteiger partial charge in [-0.15, -0.1) is 6.42 Å². The van der Waals surface area contributed by atoms with Crippen molar-refractivity contribution in [2.75, 3.05) is 13.2 Å². The number of ether oxygens (including phenoxy) is 1. The van der Waals surface area contributed by atoms with Gasteiger partial charge in [-0.25, -0.2) is 5.43 Å². The predicted octanol–water partition coefficient (Wildman–Crippen LogP) is 1.89. The van der Waals surface area contributed by atoms with Gasteiger partial charge in [-0.2, -0.15) is 5.10 Å². The van der Waals surface area contributed by atoms with Crippen LogP contribution in [-0.2, 0) is 4.79 Å². The van der Waals surface area contributed by atoms with Crippen molar-refractivity contribution < 1.29 is 14.3 Å². The van der Waals surface area contributed by atoms with E-state index in [4.69, 9.17) is 11.2 Å². The lowest BCUT2D eigenvalue weighted by Gasteiger charge is -2.07. The quantitative estimate of drug-likeness (QED) is 0.455. The molecule has 26 heavy (non-hydrogen) atoms. The third-order valence-electron chi connectivity index (χ3n) is 3.42. The van der Waals surface area contributed by atoms with Crippen molar-refractivity contribution in [3.63, 3.8) is 0 Å². The standard InChI is InChI=1S/C20H19N3O3/c1-3-12-26-18-11-7-5-9-16(18)13-22-23-19(24)14-21-20(25)17-10-6-4-8-15(17)2/h1,4-11,13H,12,14H2,2H3,(H,21,25)(H,23,24). The zero-order valence-corrected chi connectivity index (χ0v) is 14.4. The van der Waals surface area contributed by atoms with Gasteiger partial charge in [-0.05, 0) is 30.7 Å². The molecule has 0 atom stereocenters. The van der Waals surface area contributed by atoms with Crippen LogP contribution in [0.1, 0.15) is 21.5 Å². The molecule has 6 nitrogen and oxygen atoms in total. The van der Waals surface area contributed by atoms with Crippen LogP contribution in [0.5, 0.6) is 5.75 Å². The Morgan fingerprint density at radius 1 is 1.19 bits per heavy atom. The molecule has 0 fully saturated rings. The highest BCUT2D eigenvalue weighted by Gasteiger charge is 2.09. The SMILES string of the molecule is C#CCOc1ccccc1C=NNC(=O)CNC(=O)c1ccccc1C. The minimum absolute atomic E-state index is 0.141. The summed E-state index contributed by atoms with van der Waals surface area (Å²) in [6.07, 6.45) is 6.63. The normalized spacial score (nSPS) is 10.2. The summed E-state index contributed by atoms with van der Waals surface area (Å²) in [4.78, 5) is 23.9. The summed E-state index contributed by atoms with van der Waals surface area (Å²) in [6.45, 7) is 1.79. The van der Waals surface area contributed by atoms with Gasteiger partial charge in [0.1, 0.15) is 12.4 Å². The lowest BCUT2D eigenvalue weighted by Crippen LogP contribution is -2.35. The highest BCUT2D eigenvalue weighted by molar-refractivity contribution is 5.97. The topological polar surface area (TPSA) is 79.8 Å². The maximum absolute atomic E-state index is 12.0. The minimum Gasteiger partial charge on any atom is -0.480 e. The molecule has 0 aliphatic rings. The molecule has 132 valence electrons. The van der Waals surface area contributed by atoms with Crippen LogP contribution >= 0.6 is 0 Å². The van der Waals surface area contributed by atoms with E-state index in [1.165, 1.54) is 6.21 Å². The summed E-state index contributed by atoms with van der Waals surface area (Å²) in [5.41, 5.74) is 4.40. The number of nitrogens with one attached hydrogen (secondary N) is 2. The van der Waals surface area contributed by atoms with Crippen molar-refractivity contribution in [2.45, 2.75) is 6.92 Å². The Morgan fingerprint density at radius 2 is 1.92 bits per heavy atom. The summed E-state index contributed by atoms with van der Waals surface area (Å²) in [7, 11) is 0. The average Bonchev–Trinajstić information content (AvgIpc) is 2.65. The molecular formula is C20H19N3O3. The molecule has 0 aliphatic carbocycles. The number of nitrogens with zero attached hydrogens (tertiary/aromatic N) is 1. The third kappa shape index (κ3) is 5.49. The molecule has 2 aromatic carbocycles. The highest BCUT2D eigenvalue weighted by atomic mass is 16.5. The minimum atomic E-state index is -0.440. The molecule has 0 saturated carbocycles. The first-order valence-electron chi connectivity index (χ1n) is 7.93. The fourth-order valence-corrected chi connectivity index (χ4v) is 2.13. The summed E-state index contributed by atoms with van der Waals surface area (Å²) in [5.74, 6) is 2.20. The molecule has 0 aliphatic heterocycles. The van der Waals surface area contributed by atoms with Crippen LogP contribution in [0.25, 0.3) is 0 Å². The molecule has 0 spiro atoms. The molecule has 2 rings (SSSR count). The van der Waals surface area contributed by atoms with Crippen molar-refractivity contribution in [3.8, 4) is 18.1 Å². The van der Waals surface area contributed by atoms with E-state index in [0.29, 0.717) is 16.9 Å². The molecule has 0 aromatic heterocycles. The number of para-hydroxylation sites is 1. The molecule has 6 heteroatoms. The van der Waals surface area contributed by atoms with Crippen molar-refractivity contribution in [3.05, 3.63) is 65.2 Å². The third-order valence-corrected chi connectivity index (χ3v) is 3.42. The first kappa shape index (κ1) is 18.7. The van der Waals surface area contributed by atoms with Gasteiger partial charge in [0, 0.05) is 11.1 Å². The summed E-state index contributed by atoms with van der Waals surface area (Å²) >= 11 is 0. The van der Waals surface area contributed by atoms with E-state index in [1.807, 2.05) is 31.2 Å². The number of hydrogen-bond acceptors (Lipinski definition) is 4. The smallest absolute Gasteiger partial charge is 0.259 e. The number of carbonyl (C=O) groups is 2. The van der Waals surface area contributed by atoms with E-state index < -0.39 is 5.91 Å². The molecule has 2 N–H and O–H groups in total. The van der Waals surface area contributed by atoms with Crippen LogP contribution in [0, 0.1) is 19.3 Å². The van der Waals surface area contributed by atoms with Gasteiger partial charge >= 0.3 is 0 Å². The van der Waals surface area contributed by atoms with Crippen LogP contribution in [0.15, 0.2) is 53.6 Å². The fourth-order valence-electron chi connectivity index (χ4n) is 2.13. The molecule has 0 bridgehead atoms. The van der Waals surface area contributed by atoms with Gasteiger partial charge in [0.2, 0.25) is 0 Å². The monoisotopic (exact) mass is 349 g/mol. The van der Waals surface area contributed by atoms with Crippen molar-refractivity contribution in [2.24, 2.45) is 5.10 Å². The second-order valence-electron chi connectivity index (χ2n) is 5.32.